The second-order valence-electron chi connectivity index (χ2n) is 4.40. The van der Waals surface area contributed by atoms with Crippen LogP contribution >= 0.6 is 11.6 Å². The topological polar surface area (TPSA) is 93.2 Å². The summed E-state index contributed by atoms with van der Waals surface area (Å²) in [7, 11) is -3.25. The molecule has 2 aromatic rings. The average molecular weight is 325 g/mol. The van der Waals surface area contributed by atoms with Crippen molar-refractivity contribution in [2.75, 3.05) is 6.26 Å². The zero-order valence-corrected chi connectivity index (χ0v) is 12.7. The van der Waals surface area contributed by atoms with Gasteiger partial charge >= 0.3 is 0 Å². The second-order valence-corrected chi connectivity index (χ2v) is 6.85. The Morgan fingerprint density at radius 3 is 2.33 bits per heavy atom. The Kier molecular flexibility index (Phi) is 4.20. The molecule has 0 aliphatic heterocycles. The van der Waals surface area contributed by atoms with Crippen LogP contribution in [-0.4, -0.2) is 20.5 Å². The molecule has 21 heavy (non-hydrogen) atoms. The largest absolute Gasteiger partial charge is 0.457 e. The Morgan fingerprint density at radius 2 is 1.81 bits per heavy atom. The summed E-state index contributed by atoms with van der Waals surface area (Å²) in [6.07, 6.45) is 1.13. The van der Waals surface area contributed by atoms with E-state index in [9.17, 15) is 8.42 Å². The Labute approximate surface area is 127 Å². The summed E-state index contributed by atoms with van der Waals surface area (Å²) in [4.78, 5) is 0.202. The van der Waals surface area contributed by atoms with Gasteiger partial charge in [-0.05, 0) is 36.4 Å². The van der Waals surface area contributed by atoms with Gasteiger partial charge in [-0.1, -0.05) is 11.6 Å². The van der Waals surface area contributed by atoms with E-state index in [-0.39, 0.29) is 10.7 Å². The highest BCUT2D eigenvalue weighted by molar-refractivity contribution is 7.90. The number of nitrogens with one attached hydrogen (secondary N) is 1. The zero-order valence-electron chi connectivity index (χ0n) is 11.1. The molecule has 0 aromatic heterocycles. The van der Waals surface area contributed by atoms with Gasteiger partial charge in [0.05, 0.1) is 10.5 Å². The van der Waals surface area contributed by atoms with Gasteiger partial charge < -0.3 is 10.5 Å². The van der Waals surface area contributed by atoms with Gasteiger partial charge in [0.1, 0.15) is 17.3 Å². The van der Waals surface area contributed by atoms with Crippen molar-refractivity contribution in [1.29, 1.82) is 5.41 Å². The third kappa shape index (κ3) is 3.74. The van der Waals surface area contributed by atoms with Crippen LogP contribution in [0.5, 0.6) is 11.5 Å². The number of amidine groups is 1. The molecular formula is C14H13ClN2O3S. The molecule has 0 radical (unpaired) electrons. The molecule has 0 bridgehead atoms. The molecule has 2 rings (SSSR count). The number of hydrogen-bond donors (Lipinski definition) is 2. The molecule has 7 heteroatoms. The number of sulfone groups is 1. The number of nitrogen functional groups attached to an aromatic ring is 1. The molecular weight excluding hydrogens is 312 g/mol. The minimum atomic E-state index is -3.25. The summed E-state index contributed by atoms with van der Waals surface area (Å²) in [5, 5.41) is 7.95. The van der Waals surface area contributed by atoms with Crippen molar-refractivity contribution < 1.29 is 13.2 Å². The van der Waals surface area contributed by atoms with Crippen LogP contribution in [0.4, 0.5) is 0 Å². The first kappa shape index (κ1) is 15.3. The number of benzene rings is 2. The summed E-state index contributed by atoms with van der Waals surface area (Å²) >= 11 is 5.90. The molecule has 0 saturated heterocycles. The smallest absolute Gasteiger partial charge is 0.175 e. The standard InChI is InChI=1S/C14H13ClN2O3S/c1-21(18,19)11-5-3-10(4-6-11)20-13-8-9(15)2-7-12(13)14(16)17/h2-8H,1H3,(H3,16,17). The van der Waals surface area contributed by atoms with E-state index >= 15 is 0 Å². The van der Waals surface area contributed by atoms with E-state index in [2.05, 4.69) is 0 Å². The number of nitrogens with two attached hydrogens (primary N) is 1. The van der Waals surface area contributed by atoms with Crippen molar-refractivity contribution >= 4 is 27.3 Å². The third-order valence-corrected chi connectivity index (χ3v) is 4.08. The molecule has 0 fully saturated rings. The van der Waals surface area contributed by atoms with Crippen LogP contribution in [0.3, 0.4) is 0 Å². The molecule has 0 aliphatic rings. The summed E-state index contributed by atoms with van der Waals surface area (Å²) in [5.41, 5.74) is 5.89. The predicted molar refractivity (Wildman–Crippen MR) is 82.1 cm³/mol. The van der Waals surface area contributed by atoms with Gasteiger partial charge in [-0.3, -0.25) is 5.41 Å². The summed E-state index contributed by atoms with van der Waals surface area (Å²) < 4.78 is 28.4. The van der Waals surface area contributed by atoms with Crippen molar-refractivity contribution in [3.63, 3.8) is 0 Å². The molecule has 0 saturated carbocycles. The first-order valence-corrected chi connectivity index (χ1v) is 8.16. The lowest BCUT2D eigenvalue weighted by Gasteiger charge is -2.11. The lowest BCUT2D eigenvalue weighted by Crippen LogP contribution is -2.12. The molecule has 110 valence electrons. The van der Waals surface area contributed by atoms with Crippen LogP contribution in [0.2, 0.25) is 5.02 Å². The molecule has 0 atom stereocenters. The van der Waals surface area contributed by atoms with E-state index in [1.807, 2.05) is 0 Å². The van der Waals surface area contributed by atoms with E-state index in [0.29, 0.717) is 22.1 Å². The van der Waals surface area contributed by atoms with Crippen molar-refractivity contribution in [2.45, 2.75) is 4.90 Å². The predicted octanol–water partition coefficient (Wildman–Crippen LogP) is 2.82. The molecule has 0 aliphatic carbocycles. The SMILES string of the molecule is CS(=O)(=O)c1ccc(Oc2cc(Cl)ccc2C(=N)N)cc1. The fourth-order valence-corrected chi connectivity index (χ4v) is 2.48. The fraction of sp³-hybridized carbons (Fsp3) is 0.0714. The van der Waals surface area contributed by atoms with Gasteiger partial charge in [-0.15, -0.1) is 0 Å². The summed E-state index contributed by atoms with van der Waals surface area (Å²) in [6, 6.07) is 10.7. The Morgan fingerprint density at radius 1 is 1.19 bits per heavy atom. The highest BCUT2D eigenvalue weighted by atomic mass is 35.5. The monoisotopic (exact) mass is 324 g/mol. The van der Waals surface area contributed by atoms with Crippen LogP contribution in [0, 0.1) is 5.41 Å². The van der Waals surface area contributed by atoms with Crippen molar-refractivity contribution in [2.24, 2.45) is 5.73 Å². The van der Waals surface area contributed by atoms with Crippen LogP contribution in [0.1, 0.15) is 5.56 Å². The molecule has 0 heterocycles. The Hall–Kier alpha value is -2.05. The third-order valence-electron chi connectivity index (χ3n) is 2.71. The van der Waals surface area contributed by atoms with Crippen LogP contribution in [-0.2, 0) is 9.84 Å². The summed E-state index contributed by atoms with van der Waals surface area (Å²) in [6.45, 7) is 0. The van der Waals surface area contributed by atoms with Gasteiger partial charge in [0, 0.05) is 17.3 Å². The van der Waals surface area contributed by atoms with Crippen molar-refractivity contribution in [1.82, 2.24) is 0 Å². The maximum atomic E-state index is 11.4. The first-order valence-electron chi connectivity index (χ1n) is 5.89. The first-order chi connectivity index (χ1) is 9.77. The number of ether oxygens (including phenoxy) is 1. The number of hydrogen-bond acceptors (Lipinski definition) is 4. The van der Waals surface area contributed by atoms with Crippen LogP contribution < -0.4 is 10.5 Å². The van der Waals surface area contributed by atoms with E-state index in [1.165, 1.54) is 24.3 Å². The van der Waals surface area contributed by atoms with Crippen molar-refractivity contribution in [3.8, 4) is 11.5 Å². The summed E-state index contributed by atoms with van der Waals surface area (Å²) in [5.74, 6) is 0.615. The quantitative estimate of drug-likeness (QED) is 0.668. The van der Waals surface area contributed by atoms with E-state index in [4.69, 9.17) is 27.5 Å². The van der Waals surface area contributed by atoms with Crippen molar-refractivity contribution in [3.05, 3.63) is 53.1 Å². The Bertz CT molecular complexity index is 786. The number of rotatable bonds is 4. The minimum Gasteiger partial charge on any atom is -0.457 e. The van der Waals surface area contributed by atoms with Gasteiger partial charge in [0.2, 0.25) is 0 Å². The minimum absolute atomic E-state index is 0.144. The lowest BCUT2D eigenvalue weighted by atomic mass is 10.2. The Balaban J connectivity index is 2.34. The maximum Gasteiger partial charge on any atom is 0.175 e. The average Bonchev–Trinajstić information content (AvgIpc) is 2.38. The molecule has 3 N–H and O–H groups in total. The van der Waals surface area contributed by atoms with E-state index < -0.39 is 9.84 Å². The van der Waals surface area contributed by atoms with Crippen LogP contribution in [0.25, 0.3) is 0 Å². The molecule has 0 amide bonds. The normalized spacial score (nSPS) is 11.1. The second kappa shape index (κ2) is 5.75. The van der Waals surface area contributed by atoms with Gasteiger partial charge in [-0.2, -0.15) is 0 Å². The molecule has 0 unspecified atom stereocenters. The zero-order chi connectivity index (χ0) is 15.6. The highest BCUT2D eigenvalue weighted by Gasteiger charge is 2.10. The van der Waals surface area contributed by atoms with Gasteiger partial charge in [0.25, 0.3) is 0 Å². The number of halogens is 1. The highest BCUT2D eigenvalue weighted by Crippen LogP contribution is 2.28. The fourth-order valence-electron chi connectivity index (χ4n) is 1.68. The van der Waals surface area contributed by atoms with Gasteiger partial charge in [-0.25, -0.2) is 8.42 Å². The van der Waals surface area contributed by atoms with E-state index in [0.717, 1.165) is 6.26 Å². The van der Waals surface area contributed by atoms with E-state index in [1.54, 1.807) is 18.2 Å². The lowest BCUT2D eigenvalue weighted by molar-refractivity contribution is 0.481. The molecule has 0 spiro atoms. The van der Waals surface area contributed by atoms with Crippen LogP contribution in [0.15, 0.2) is 47.4 Å². The molecule has 5 nitrogen and oxygen atoms in total. The molecule has 2 aromatic carbocycles. The maximum absolute atomic E-state index is 11.4. The van der Waals surface area contributed by atoms with Gasteiger partial charge in [0.15, 0.2) is 9.84 Å².